The Balaban J connectivity index is 2.49. The van der Waals surface area contributed by atoms with Gasteiger partial charge in [-0.15, -0.1) is 0 Å². The van der Waals surface area contributed by atoms with Crippen LogP contribution in [0.1, 0.15) is 19.5 Å². The smallest absolute Gasteiger partial charge is 0.161 e. The number of aromatic nitrogens is 2. The van der Waals surface area contributed by atoms with E-state index >= 15 is 0 Å². The Morgan fingerprint density at radius 2 is 2.05 bits per heavy atom. The third-order valence-corrected chi connectivity index (χ3v) is 4.12. The molecule has 2 rings (SSSR count). The molecule has 0 aliphatic heterocycles. The molecule has 1 aromatic carbocycles. The summed E-state index contributed by atoms with van der Waals surface area (Å²) in [6, 6.07) is 5.44. The highest BCUT2D eigenvalue weighted by Gasteiger charge is 2.14. The van der Waals surface area contributed by atoms with E-state index in [4.69, 9.17) is 22.1 Å². The van der Waals surface area contributed by atoms with E-state index in [0.29, 0.717) is 28.3 Å². The van der Waals surface area contributed by atoms with E-state index in [2.05, 4.69) is 39.7 Å². The van der Waals surface area contributed by atoms with Gasteiger partial charge in [0.1, 0.15) is 11.6 Å². The molecule has 0 saturated heterocycles. The van der Waals surface area contributed by atoms with Crippen molar-refractivity contribution in [1.82, 2.24) is 9.97 Å². The lowest BCUT2D eigenvalue weighted by Crippen LogP contribution is -2.05. The van der Waals surface area contributed by atoms with Gasteiger partial charge in [-0.2, -0.15) is 0 Å². The van der Waals surface area contributed by atoms with Crippen LogP contribution in [0.25, 0.3) is 11.4 Å². The van der Waals surface area contributed by atoms with Gasteiger partial charge in [0.25, 0.3) is 0 Å². The summed E-state index contributed by atoms with van der Waals surface area (Å²) >= 11 is 9.61. The van der Waals surface area contributed by atoms with Crippen molar-refractivity contribution >= 4 is 33.3 Å². The topological polar surface area (TPSA) is 61.0 Å². The van der Waals surface area contributed by atoms with Gasteiger partial charge in [0.05, 0.1) is 22.3 Å². The molecule has 21 heavy (non-hydrogen) atoms. The molecule has 0 unspecified atom stereocenters. The second-order valence-electron chi connectivity index (χ2n) is 5.14. The first-order chi connectivity index (χ1) is 9.92. The van der Waals surface area contributed by atoms with Crippen LogP contribution in [0, 0.1) is 5.92 Å². The Bertz CT molecular complexity index is 662. The Labute approximate surface area is 137 Å². The first-order valence-electron chi connectivity index (χ1n) is 6.58. The molecule has 0 amide bonds. The van der Waals surface area contributed by atoms with Crippen molar-refractivity contribution in [3.8, 4) is 17.1 Å². The third kappa shape index (κ3) is 3.66. The van der Waals surface area contributed by atoms with E-state index < -0.39 is 0 Å². The molecule has 2 aromatic rings. The largest absolute Gasteiger partial charge is 0.495 e. The Morgan fingerprint density at radius 1 is 1.33 bits per heavy atom. The molecular weight excluding hydrogens is 354 g/mol. The molecule has 112 valence electrons. The molecule has 1 aromatic heterocycles. The molecule has 0 atom stereocenters. The van der Waals surface area contributed by atoms with E-state index in [9.17, 15) is 0 Å². The van der Waals surface area contributed by atoms with Crippen LogP contribution in [-0.2, 0) is 6.42 Å². The molecule has 2 N–H and O–H groups in total. The molecule has 0 spiro atoms. The summed E-state index contributed by atoms with van der Waals surface area (Å²) in [5.41, 5.74) is 7.69. The summed E-state index contributed by atoms with van der Waals surface area (Å²) in [6.45, 7) is 4.27. The zero-order valence-corrected chi connectivity index (χ0v) is 14.5. The van der Waals surface area contributed by atoms with E-state index in [1.165, 1.54) is 0 Å². The minimum atomic E-state index is 0.433. The molecule has 4 nitrogen and oxygen atoms in total. The predicted octanol–water partition coefficient (Wildman–Crippen LogP) is 4.35. The minimum absolute atomic E-state index is 0.433. The first kappa shape index (κ1) is 16.0. The van der Waals surface area contributed by atoms with Crippen molar-refractivity contribution in [1.29, 1.82) is 0 Å². The van der Waals surface area contributed by atoms with Crippen molar-refractivity contribution in [2.75, 3.05) is 12.8 Å². The SMILES string of the molecule is COc1ccc(-c2nc(N)c(Br)c(CC(C)C)n2)cc1Cl. The normalized spacial score (nSPS) is 11.0. The number of nitrogens with zero attached hydrogens (tertiary/aromatic N) is 2. The number of hydrogen-bond acceptors (Lipinski definition) is 4. The van der Waals surface area contributed by atoms with Gasteiger partial charge in [0, 0.05) is 5.56 Å². The van der Waals surface area contributed by atoms with Crippen molar-refractivity contribution < 1.29 is 4.74 Å². The van der Waals surface area contributed by atoms with Crippen LogP contribution in [0.4, 0.5) is 5.82 Å². The van der Waals surface area contributed by atoms with Gasteiger partial charge in [0.2, 0.25) is 0 Å². The van der Waals surface area contributed by atoms with Gasteiger partial charge in [0.15, 0.2) is 5.82 Å². The second-order valence-corrected chi connectivity index (χ2v) is 6.34. The van der Waals surface area contributed by atoms with Crippen LogP contribution >= 0.6 is 27.5 Å². The molecule has 0 radical (unpaired) electrons. The number of ether oxygens (including phenoxy) is 1. The molecule has 6 heteroatoms. The molecule has 0 fully saturated rings. The Kier molecular flexibility index (Phi) is 5.06. The van der Waals surface area contributed by atoms with E-state index in [1.807, 2.05) is 6.07 Å². The maximum atomic E-state index is 6.15. The zero-order valence-electron chi connectivity index (χ0n) is 12.2. The Morgan fingerprint density at radius 3 is 2.62 bits per heavy atom. The third-order valence-electron chi connectivity index (χ3n) is 2.96. The van der Waals surface area contributed by atoms with Crippen molar-refractivity contribution in [3.05, 3.63) is 33.4 Å². The van der Waals surface area contributed by atoms with Gasteiger partial charge in [-0.1, -0.05) is 25.4 Å². The fourth-order valence-corrected chi connectivity index (χ4v) is 2.57. The van der Waals surface area contributed by atoms with Gasteiger partial charge < -0.3 is 10.5 Å². The molecule has 0 saturated carbocycles. The maximum absolute atomic E-state index is 6.15. The molecule has 0 aliphatic carbocycles. The molecule has 1 heterocycles. The summed E-state index contributed by atoms with van der Waals surface area (Å²) in [5, 5.41) is 0.519. The van der Waals surface area contributed by atoms with Crippen molar-refractivity contribution in [2.45, 2.75) is 20.3 Å². The highest BCUT2D eigenvalue weighted by molar-refractivity contribution is 9.10. The quantitative estimate of drug-likeness (QED) is 0.869. The molecular formula is C15H17BrClN3O. The standard InChI is InChI=1S/C15H17BrClN3O/c1-8(2)6-11-13(16)14(18)20-15(19-11)9-4-5-12(21-3)10(17)7-9/h4-5,7-8H,6H2,1-3H3,(H2,18,19,20). The summed E-state index contributed by atoms with van der Waals surface area (Å²) in [4.78, 5) is 8.93. The van der Waals surface area contributed by atoms with Gasteiger partial charge >= 0.3 is 0 Å². The highest BCUT2D eigenvalue weighted by Crippen LogP contribution is 2.31. The summed E-state index contributed by atoms with van der Waals surface area (Å²) in [5.74, 6) is 2.09. The van der Waals surface area contributed by atoms with Gasteiger partial charge in [-0.25, -0.2) is 9.97 Å². The fourth-order valence-electron chi connectivity index (χ4n) is 1.97. The summed E-state index contributed by atoms with van der Waals surface area (Å²) in [6.07, 6.45) is 0.824. The maximum Gasteiger partial charge on any atom is 0.161 e. The van der Waals surface area contributed by atoms with Crippen LogP contribution in [-0.4, -0.2) is 17.1 Å². The molecule has 0 bridgehead atoms. The van der Waals surface area contributed by atoms with Crippen LogP contribution in [0.5, 0.6) is 5.75 Å². The van der Waals surface area contributed by atoms with Gasteiger partial charge in [-0.3, -0.25) is 0 Å². The fraction of sp³-hybridized carbons (Fsp3) is 0.333. The van der Waals surface area contributed by atoms with Crippen LogP contribution < -0.4 is 10.5 Å². The van der Waals surface area contributed by atoms with E-state index in [0.717, 1.165) is 22.2 Å². The number of benzene rings is 1. The number of rotatable bonds is 4. The molecule has 0 aliphatic rings. The number of halogens is 2. The highest BCUT2D eigenvalue weighted by atomic mass is 79.9. The number of nitrogens with two attached hydrogens (primary N) is 1. The number of anilines is 1. The van der Waals surface area contributed by atoms with Crippen LogP contribution in [0.3, 0.4) is 0 Å². The first-order valence-corrected chi connectivity index (χ1v) is 7.75. The van der Waals surface area contributed by atoms with E-state index in [1.54, 1.807) is 19.2 Å². The van der Waals surface area contributed by atoms with Crippen molar-refractivity contribution in [2.24, 2.45) is 5.92 Å². The average molecular weight is 371 g/mol. The Hall–Kier alpha value is -1.33. The van der Waals surface area contributed by atoms with Crippen molar-refractivity contribution in [3.63, 3.8) is 0 Å². The second kappa shape index (κ2) is 6.62. The average Bonchev–Trinajstić information content (AvgIpc) is 2.43. The summed E-state index contributed by atoms with van der Waals surface area (Å²) in [7, 11) is 1.58. The van der Waals surface area contributed by atoms with Crippen LogP contribution in [0.15, 0.2) is 22.7 Å². The predicted molar refractivity (Wildman–Crippen MR) is 89.7 cm³/mol. The number of methoxy groups -OCH3 is 1. The number of nitrogen functional groups attached to an aromatic ring is 1. The van der Waals surface area contributed by atoms with Gasteiger partial charge in [-0.05, 0) is 46.5 Å². The monoisotopic (exact) mass is 369 g/mol. The number of hydrogen-bond donors (Lipinski definition) is 1. The minimum Gasteiger partial charge on any atom is -0.495 e. The zero-order chi connectivity index (χ0) is 15.6. The van der Waals surface area contributed by atoms with E-state index in [-0.39, 0.29) is 0 Å². The lowest BCUT2D eigenvalue weighted by atomic mass is 10.1. The van der Waals surface area contributed by atoms with Crippen LogP contribution in [0.2, 0.25) is 5.02 Å². The summed E-state index contributed by atoms with van der Waals surface area (Å²) < 4.78 is 5.91. The lowest BCUT2D eigenvalue weighted by molar-refractivity contribution is 0.415. The lowest BCUT2D eigenvalue weighted by Gasteiger charge is -2.11.